The van der Waals surface area contributed by atoms with Gasteiger partial charge in [-0.2, -0.15) is 5.10 Å². The Balaban J connectivity index is 2.39. The van der Waals surface area contributed by atoms with Crippen molar-refractivity contribution in [2.75, 3.05) is 0 Å². The maximum absolute atomic E-state index is 8.17. The van der Waals surface area contributed by atoms with Crippen molar-refractivity contribution in [3.63, 3.8) is 0 Å². The minimum absolute atomic E-state index is 0.173. The number of azide groups is 1. The number of H-pyrrole nitrogens is 1. The zero-order valence-corrected chi connectivity index (χ0v) is 7.12. The number of nitrogens with one attached hydrogen (secondary N) is 1. The van der Waals surface area contributed by atoms with Crippen molar-refractivity contribution in [2.24, 2.45) is 5.11 Å². The Labute approximate surface area is 79.2 Å². The van der Waals surface area contributed by atoms with Crippen LogP contribution >= 0.6 is 0 Å². The number of hydrogen-bond donors (Lipinski definition) is 1. The van der Waals surface area contributed by atoms with Crippen LogP contribution in [0.1, 0.15) is 0 Å². The fourth-order valence-electron chi connectivity index (χ4n) is 1.06. The monoisotopic (exact) mass is 186 g/mol. The van der Waals surface area contributed by atoms with Crippen LogP contribution in [-0.2, 0) is 0 Å². The first kappa shape index (κ1) is 8.28. The molecule has 2 rings (SSSR count). The molecule has 2 aromatic rings. The van der Waals surface area contributed by atoms with Crippen LogP contribution in [-0.4, -0.2) is 15.2 Å². The Bertz CT molecular complexity index is 468. The molecule has 0 amide bonds. The minimum atomic E-state index is 0.173. The number of aromatic nitrogens is 3. The molecule has 0 atom stereocenters. The van der Waals surface area contributed by atoms with E-state index in [1.807, 2.05) is 30.3 Å². The standard InChI is InChI=1S/C8H6N6/c9-14-13-8-10-7(11-12-8)6-4-2-1-3-5-6/h1-5H,(H,10,11,12). The normalized spacial score (nSPS) is 9.43. The van der Waals surface area contributed by atoms with Gasteiger partial charge in [-0.1, -0.05) is 30.3 Å². The lowest BCUT2D eigenvalue weighted by atomic mass is 10.2. The maximum Gasteiger partial charge on any atom is 0.212 e. The minimum Gasteiger partial charge on any atom is -0.257 e. The molecular formula is C8H6N6. The van der Waals surface area contributed by atoms with Gasteiger partial charge in [0.1, 0.15) is 0 Å². The van der Waals surface area contributed by atoms with Crippen LogP contribution in [0.25, 0.3) is 21.8 Å². The van der Waals surface area contributed by atoms with Crippen molar-refractivity contribution in [1.29, 1.82) is 0 Å². The maximum atomic E-state index is 8.17. The topological polar surface area (TPSA) is 90.3 Å². The highest BCUT2D eigenvalue weighted by Gasteiger charge is 2.02. The lowest BCUT2D eigenvalue weighted by Crippen LogP contribution is -1.78. The second-order valence-corrected chi connectivity index (χ2v) is 2.54. The quantitative estimate of drug-likeness (QED) is 0.443. The number of aromatic amines is 1. The van der Waals surface area contributed by atoms with Gasteiger partial charge in [-0.05, 0) is 10.6 Å². The van der Waals surface area contributed by atoms with E-state index in [0.717, 1.165) is 5.56 Å². The van der Waals surface area contributed by atoms with Crippen molar-refractivity contribution in [2.45, 2.75) is 0 Å². The van der Waals surface area contributed by atoms with Crippen molar-refractivity contribution in [3.05, 3.63) is 40.8 Å². The summed E-state index contributed by atoms with van der Waals surface area (Å²) in [6.07, 6.45) is 0. The molecule has 0 bridgehead atoms. The first-order valence-electron chi connectivity index (χ1n) is 3.93. The third-order valence-corrected chi connectivity index (χ3v) is 1.65. The molecule has 1 N–H and O–H groups in total. The summed E-state index contributed by atoms with van der Waals surface area (Å²) in [4.78, 5) is 6.59. The Morgan fingerprint density at radius 2 is 2.07 bits per heavy atom. The van der Waals surface area contributed by atoms with Crippen LogP contribution in [0.2, 0.25) is 0 Å². The molecule has 0 aliphatic rings. The molecule has 0 aliphatic carbocycles. The number of benzene rings is 1. The molecule has 0 fully saturated rings. The van der Waals surface area contributed by atoms with E-state index in [1.54, 1.807) is 0 Å². The molecule has 6 heteroatoms. The smallest absolute Gasteiger partial charge is 0.212 e. The lowest BCUT2D eigenvalue weighted by molar-refractivity contribution is 1.08. The molecule has 0 saturated carbocycles. The van der Waals surface area contributed by atoms with Crippen LogP contribution in [0.15, 0.2) is 35.4 Å². The molecule has 14 heavy (non-hydrogen) atoms. The van der Waals surface area contributed by atoms with Gasteiger partial charge in [-0.3, -0.25) is 5.10 Å². The summed E-state index contributed by atoms with van der Waals surface area (Å²) in [6.45, 7) is 0. The van der Waals surface area contributed by atoms with Crippen molar-refractivity contribution >= 4 is 5.95 Å². The van der Waals surface area contributed by atoms with Gasteiger partial charge in [0.25, 0.3) is 0 Å². The Morgan fingerprint density at radius 1 is 1.29 bits per heavy atom. The molecule has 6 nitrogen and oxygen atoms in total. The Hall–Kier alpha value is -2.33. The highest BCUT2D eigenvalue weighted by molar-refractivity contribution is 5.54. The van der Waals surface area contributed by atoms with Crippen LogP contribution in [0.5, 0.6) is 0 Å². The first-order chi connectivity index (χ1) is 6.90. The van der Waals surface area contributed by atoms with Gasteiger partial charge in [-0.25, -0.2) is 4.98 Å². The van der Waals surface area contributed by atoms with E-state index in [1.165, 1.54) is 0 Å². The van der Waals surface area contributed by atoms with Gasteiger partial charge in [0.05, 0.1) is 0 Å². The van der Waals surface area contributed by atoms with Crippen LogP contribution in [0, 0.1) is 0 Å². The van der Waals surface area contributed by atoms with E-state index in [-0.39, 0.29) is 5.95 Å². The summed E-state index contributed by atoms with van der Waals surface area (Å²) in [5, 5.41) is 9.73. The van der Waals surface area contributed by atoms with E-state index >= 15 is 0 Å². The second-order valence-electron chi connectivity index (χ2n) is 2.54. The molecular weight excluding hydrogens is 180 g/mol. The van der Waals surface area contributed by atoms with Gasteiger partial charge >= 0.3 is 0 Å². The fraction of sp³-hybridized carbons (Fsp3) is 0. The van der Waals surface area contributed by atoms with Gasteiger partial charge in [-0.15, -0.1) is 0 Å². The van der Waals surface area contributed by atoms with Gasteiger partial charge < -0.3 is 0 Å². The fourth-order valence-corrected chi connectivity index (χ4v) is 1.06. The first-order valence-corrected chi connectivity index (χ1v) is 3.93. The SMILES string of the molecule is [N-]=[N+]=Nc1nc(-c2ccccc2)n[nH]1. The van der Waals surface area contributed by atoms with Crippen molar-refractivity contribution < 1.29 is 0 Å². The molecule has 1 aromatic carbocycles. The van der Waals surface area contributed by atoms with E-state index in [4.69, 9.17) is 5.53 Å². The van der Waals surface area contributed by atoms with Crippen LogP contribution < -0.4 is 0 Å². The third-order valence-electron chi connectivity index (χ3n) is 1.65. The molecule has 0 radical (unpaired) electrons. The Kier molecular flexibility index (Phi) is 2.12. The summed E-state index contributed by atoms with van der Waals surface area (Å²) in [6, 6.07) is 9.44. The van der Waals surface area contributed by atoms with Crippen LogP contribution in [0.4, 0.5) is 5.95 Å². The van der Waals surface area contributed by atoms with Crippen molar-refractivity contribution in [1.82, 2.24) is 15.2 Å². The predicted octanol–water partition coefficient (Wildman–Crippen LogP) is 2.41. The van der Waals surface area contributed by atoms with E-state index < -0.39 is 0 Å². The summed E-state index contributed by atoms with van der Waals surface area (Å²) in [5.74, 6) is 0.694. The zero-order valence-electron chi connectivity index (χ0n) is 7.12. The summed E-state index contributed by atoms with van der Waals surface area (Å²) < 4.78 is 0. The van der Waals surface area contributed by atoms with Crippen molar-refractivity contribution in [3.8, 4) is 11.4 Å². The second kappa shape index (κ2) is 3.59. The Morgan fingerprint density at radius 3 is 2.79 bits per heavy atom. The van der Waals surface area contributed by atoms with Crippen LogP contribution in [0.3, 0.4) is 0 Å². The molecule has 68 valence electrons. The molecule has 1 aromatic heterocycles. The average molecular weight is 186 g/mol. The highest BCUT2D eigenvalue weighted by atomic mass is 15.3. The summed E-state index contributed by atoms with van der Waals surface area (Å²) in [7, 11) is 0. The molecule has 0 unspecified atom stereocenters. The van der Waals surface area contributed by atoms with E-state index in [9.17, 15) is 0 Å². The number of hydrogen-bond acceptors (Lipinski definition) is 3. The van der Waals surface area contributed by atoms with E-state index in [0.29, 0.717) is 5.82 Å². The van der Waals surface area contributed by atoms with Gasteiger partial charge in [0, 0.05) is 10.5 Å². The largest absolute Gasteiger partial charge is 0.257 e. The molecule has 0 saturated heterocycles. The molecule has 0 aliphatic heterocycles. The van der Waals surface area contributed by atoms with Gasteiger partial charge in [0.15, 0.2) is 5.82 Å². The van der Waals surface area contributed by atoms with Gasteiger partial charge in [0.2, 0.25) is 5.95 Å². The predicted molar refractivity (Wildman–Crippen MR) is 50.6 cm³/mol. The number of nitrogens with zero attached hydrogens (tertiary/aromatic N) is 5. The highest BCUT2D eigenvalue weighted by Crippen LogP contribution is 2.15. The summed E-state index contributed by atoms with van der Waals surface area (Å²) >= 11 is 0. The zero-order chi connectivity index (χ0) is 9.80. The molecule has 1 heterocycles. The van der Waals surface area contributed by atoms with E-state index in [2.05, 4.69) is 25.2 Å². The summed E-state index contributed by atoms with van der Waals surface area (Å²) in [5.41, 5.74) is 9.05. The lowest BCUT2D eigenvalue weighted by Gasteiger charge is -1.90. The third kappa shape index (κ3) is 1.55. The molecule has 0 spiro atoms. The number of rotatable bonds is 2. The average Bonchev–Trinajstić information content (AvgIpc) is 2.68.